The Kier molecular flexibility index (Phi) is 4.71. The van der Waals surface area contributed by atoms with Crippen molar-refractivity contribution in [1.82, 2.24) is 25.1 Å². The van der Waals surface area contributed by atoms with E-state index in [2.05, 4.69) is 51.4 Å². The highest BCUT2D eigenvalue weighted by molar-refractivity contribution is 5.93. The first kappa shape index (κ1) is 17.4. The Morgan fingerprint density at radius 3 is 2.63 bits per heavy atom. The maximum absolute atomic E-state index is 12.8. The molecule has 6 heteroatoms. The number of hydrogen-bond donors (Lipinski definition) is 1. The Balaban J connectivity index is 1.58. The zero-order valence-corrected chi connectivity index (χ0v) is 15.7. The summed E-state index contributed by atoms with van der Waals surface area (Å²) in [6.07, 6.45) is 6.19. The first-order chi connectivity index (χ1) is 13.2. The van der Waals surface area contributed by atoms with Crippen molar-refractivity contribution in [2.24, 2.45) is 0 Å². The molecule has 1 N–H and O–H groups in total. The van der Waals surface area contributed by atoms with Gasteiger partial charge in [-0.15, -0.1) is 0 Å². The van der Waals surface area contributed by atoms with Crippen molar-refractivity contribution in [2.45, 2.75) is 39.7 Å². The van der Waals surface area contributed by atoms with E-state index in [-0.39, 0.29) is 5.91 Å². The summed E-state index contributed by atoms with van der Waals surface area (Å²) in [4.78, 5) is 23.0. The van der Waals surface area contributed by atoms with Crippen LogP contribution < -0.4 is 0 Å². The van der Waals surface area contributed by atoms with Gasteiger partial charge in [0.2, 0.25) is 0 Å². The van der Waals surface area contributed by atoms with Crippen molar-refractivity contribution in [3.63, 3.8) is 0 Å². The number of carbonyl (C=O) groups is 1. The predicted octanol–water partition coefficient (Wildman–Crippen LogP) is 3.33. The summed E-state index contributed by atoms with van der Waals surface area (Å²) < 4.78 is 0. The topological polar surface area (TPSA) is 74.8 Å². The summed E-state index contributed by atoms with van der Waals surface area (Å²) in [5, 5.41) is 7.69. The average Bonchev–Trinajstić information content (AvgIpc) is 3.12. The Morgan fingerprint density at radius 1 is 1.19 bits per heavy atom. The highest BCUT2D eigenvalue weighted by Gasteiger charge is 2.26. The second-order valence-corrected chi connectivity index (χ2v) is 6.97. The summed E-state index contributed by atoms with van der Waals surface area (Å²) in [7, 11) is 0. The van der Waals surface area contributed by atoms with E-state index in [1.807, 2.05) is 11.8 Å². The number of aromatic amines is 1. The Bertz CT molecular complexity index is 944. The summed E-state index contributed by atoms with van der Waals surface area (Å²) >= 11 is 0. The zero-order valence-electron chi connectivity index (χ0n) is 15.7. The zero-order chi connectivity index (χ0) is 18.8. The molecule has 2 aromatic heterocycles. The van der Waals surface area contributed by atoms with Gasteiger partial charge in [-0.1, -0.05) is 37.6 Å². The molecule has 27 heavy (non-hydrogen) atoms. The lowest BCUT2D eigenvalue weighted by molar-refractivity contribution is 0.0733. The summed E-state index contributed by atoms with van der Waals surface area (Å²) in [5.41, 5.74) is 6.10. The number of benzene rings is 1. The van der Waals surface area contributed by atoms with Gasteiger partial charge in [-0.2, -0.15) is 5.10 Å². The molecule has 0 unspecified atom stereocenters. The number of aromatic nitrogens is 4. The van der Waals surface area contributed by atoms with Crippen LogP contribution in [0.15, 0.2) is 36.7 Å². The molecule has 0 saturated heterocycles. The lowest BCUT2D eigenvalue weighted by atomic mass is 9.99. The molecule has 0 bridgehead atoms. The molecule has 6 nitrogen and oxygen atoms in total. The van der Waals surface area contributed by atoms with E-state index in [0.717, 1.165) is 41.8 Å². The standard InChI is InChI=1S/C21H23N5O/c1-3-4-15-5-7-16(8-6-15)20-18-13-26(10-9-19(18)24-25-20)21(27)17-11-22-14(2)23-12-17/h5-8,11-12H,3-4,9-10,13H2,1-2H3,(H,24,25). The van der Waals surface area contributed by atoms with Crippen LogP contribution in [0.5, 0.6) is 0 Å². The maximum atomic E-state index is 12.8. The maximum Gasteiger partial charge on any atom is 0.257 e. The van der Waals surface area contributed by atoms with Gasteiger partial charge in [-0.25, -0.2) is 9.97 Å². The molecule has 1 aliphatic rings. The van der Waals surface area contributed by atoms with Gasteiger partial charge in [0.1, 0.15) is 5.82 Å². The molecule has 0 spiro atoms. The normalized spacial score (nSPS) is 13.5. The lowest BCUT2D eigenvalue weighted by Gasteiger charge is -2.27. The third kappa shape index (κ3) is 3.47. The Hall–Kier alpha value is -3.02. The summed E-state index contributed by atoms with van der Waals surface area (Å²) in [6.45, 7) is 5.20. The third-order valence-electron chi connectivity index (χ3n) is 5.01. The number of fused-ring (bicyclic) bond motifs is 1. The van der Waals surface area contributed by atoms with Crippen molar-refractivity contribution >= 4 is 5.91 Å². The molecule has 0 atom stereocenters. The molecule has 138 valence electrons. The van der Waals surface area contributed by atoms with Gasteiger partial charge < -0.3 is 4.90 Å². The van der Waals surface area contributed by atoms with Crippen LogP contribution in [0, 0.1) is 6.92 Å². The van der Waals surface area contributed by atoms with Crippen molar-refractivity contribution in [2.75, 3.05) is 6.54 Å². The van der Waals surface area contributed by atoms with Gasteiger partial charge >= 0.3 is 0 Å². The fraction of sp³-hybridized carbons (Fsp3) is 0.333. The minimum atomic E-state index is -0.0360. The fourth-order valence-electron chi connectivity index (χ4n) is 3.51. The number of aryl methyl sites for hydroxylation is 2. The van der Waals surface area contributed by atoms with Gasteiger partial charge in [0.15, 0.2) is 0 Å². The Labute approximate surface area is 158 Å². The van der Waals surface area contributed by atoms with Crippen LogP contribution in [0.25, 0.3) is 11.3 Å². The first-order valence-electron chi connectivity index (χ1n) is 9.39. The van der Waals surface area contributed by atoms with E-state index in [1.54, 1.807) is 12.4 Å². The van der Waals surface area contributed by atoms with Crippen LogP contribution in [-0.2, 0) is 19.4 Å². The second kappa shape index (κ2) is 7.31. The van der Waals surface area contributed by atoms with Crippen LogP contribution in [0.1, 0.15) is 46.3 Å². The smallest absolute Gasteiger partial charge is 0.257 e. The third-order valence-corrected chi connectivity index (χ3v) is 5.01. The van der Waals surface area contributed by atoms with E-state index in [4.69, 9.17) is 0 Å². The van der Waals surface area contributed by atoms with Crippen molar-refractivity contribution in [3.8, 4) is 11.3 Å². The number of carbonyl (C=O) groups excluding carboxylic acids is 1. The average molecular weight is 361 g/mol. The molecule has 4 rings (SSSR count). The molecule has 0 radical (unpaired) electrons. The molecule has 0 saturated carbocycles. The van der Waals surface area contributed by atoms with Gasteiger partial charge in [0.25, 0.3) is 5.91 Å². The largest absolute Gasteiger partial charge is 0.334 e. The number of amides is 1. The van der Waals surface area contributed by atoms with E-state index in [0.29, 0.717) is 24.5 Å². The quantitative estimate of drug-likeness (QED) is 0.773. The van der Waals surface area contributed by atoms with Gasteiger partial charge in [-0.05, 0) is 18.9 Å². The predicted molar refractivity (Wildman–Crippen MR) is 103 cm³/mol. The molecule has 1 aliphatic heterocycles. The molecule has 0 fully saturated rings. The van der Waals surface area contributed by atoms with Gasteiger partial charge in [0.05, 0.1) is 11.3 Å². The minimum Gasteiger partial charge on any atom is -0.334 e. The first-order valence-corrected chi connectivity index (χ1v) is 9.39. The van der Waals surface area contributed by atoms with E-state index in [1.165, 1.54) is 5.56 Å². The summed E-state index contributed by atoms with van der Waals surface area (Å²) in [6, 6.07) is 8.57. The number of H-pyrrole nitrogens is 1. The summed E-state index contributed by atoms with van der Waals surface area (Å²) in [5.74, 6) is 0.627. The van der Waals surface area contributed by atoms with E-state index < -0.39 is 0 Å². The number of rotatable bonds is 4. The van der Waals surface area contributed by atoms with Crippen LogP contribution in [0.3, 0.4) is 0 Å². The fourth-order valence-corrected chi connectivity index (χ4v) is 3.51. The molecule has 1 aromatic carbocycles. The second-order valence-electron chi connectivity index (χ2n) is 6.97. The molecular weight excluding hydrogens is 338 g/mol. The molecular formula is C21H23N5O. The molecule has 0 aliphatic carbocycles. The highest BCUT2D eigenvalue weighted by Crippen LogP contribution is 2.29. The number of nitrogens with zero attached hydrogens (tertiary/aromatic N) is 4. The minimum absolute atomic E-state index is 0.0360. The number of nitrogens with one attached hydrogen (secondary N) is 1. The van der Waals surface area contributed by atoms with E-state index >= 15 is 0 Å². The van der Waals surface area contributed by atoms with Crippen LogP contribution in [-0.4, -0.2) is 37.5 Å². The van der Waals surface area contributed by atoms with Gasteiger partial charge in [-0.3, -0.25) is 9.89 Å². The SMILES string of the molecule is CCCc1ccc(-c2n[nH]c3c2CN(C(=O)c2cnc(C)nc2)CC3)cc1. The van der Waals surface area contributed by atoms with Crippen molar-refractivity contribution in [3.05, 3.63) is 64.9 Å². The van der Waals surface area contributed by atoms with Crippen LogP contribution in [0.4, 0.5) is 0 Å². The van der Waals surface area contributed by atoms with Crippen LogP contribution in [0.2, 0.25) is 0 Å². The number of hydrogen-bond acceptors (Lipinski definition) is 4. The molecule has 3 heterocycles. The highest BCUT2D eigenvalue weighted by atomic mass is 16.2. The lowest BCUT2D eigenvalue weighted by Crippen LogP contribution is -2.36. The molecule has 1 amide bonds. The van der Waals surface area contributed by atoms with E-state index in [9.17, 15) is 4.79 Å². The Morgan fingerprint density at radius 2 is 1.93 bits per heavy atom. The van der Waals surface area contributed by atoms with Crippen LogP contribution >= 0.6 is 0 Å². The monoisotopic (exact) mass is 361 g/mol. The van der Waals surface area contributed by atoms with Gasteiger partial charge in [0, 0.05) is 48.7 Å². The molecule has 3 aromatic rings. The van der Waals surface area contributed by atoms with Crippen molar-refractivity contribution in [1.29, 1.82) is 0 Å². The van der Waals surface area contributed by atoms with Crippen molar-refractivity contribution < 1.29 is 4.79 Å².